The highest BCUT2D eigenvalue weighted by Gasteiger charge is 2.24. The molecule has 1 aliphatic heterocycles. The van der Waals surface area contributed by atoms with Crippen molar-refractivity contribution in [3.63, 3.8) is 0 Å². The maximum atomic E-state index is 12.7. The van der Waals surface area contributed by atoms with Gasteiger partial charge in [-0.2, -0.15) is 0 Å². The number of aryl methyl sites for hydroxylation is 1. The molecule has 1 N–H and O–H groups in total. The molecule has 1 aliphatic rings. The van der Waals surface area contributed by atoms with E-state index in [2.05, 4.69) is 5.32 Å². The minimum absolute atomic E-state index is 0.147. The number of carbonyl (C=O) groups excluding carboxylic acids is 2. The van der Waals surface area contributed by atoms with Crippen LogP contribution in [0.5, 0.6) is 0 Å². The number of amides is 1. The average Bonchev–Trinajstić information content (AvgIpc) is 3.30. The van der Waals surface area contributed by atoms with Crippen LogP contribution in [0.25, 0.3) is 11.0 Å². The lowest BCUT2D eigenvalue weighted by molar-refractivity contribution is -0.124. The average molecular weight is 349 g/mol. The summed E-state index contributed by atoms with van der Waals surface area (Å²) in [6, 6.07) is 14.5. The second-order valence-corrected chi connectivity index (χ2v) is 6.45. The van der Waals surface area contributed by atoms with Crippen molar-refractivity contribution < 1.29 is 18.7 Å². The van der Waals surface area contributed by atoms with E-state index in [1.807, 2.05) is 37.3 Å². The van der Waals surface area contributed by atoms with Crippen molar-refractivity contribution >= 4 is 28.3 Å². The van der Waals surface area contributed by atoms with Gasteiger partial charge in [0.1, 0.15) is 11.7 Å². The summed E-state index contributed by atoms with van der Waals surface area (Å²) >= 11 is 0. The lowest BCUT2D eigenvalue weighted by atomic mass is 10.0. The zero-order valence-electron chi connectivity index (χ0n) is 14.5. The van der Waals surface area contributed by atoms with E-state index < -0.39 is 0 Å². The van der Waals surface area contributed by atoms with E-state index in [1.165, 1.54) is 0 Å². The Balaban J connectivity index is 1.62. The van der Waals surface area contributed by atoms with Crippen LogP contribution in [-0.2, 0) is 9.53 Å². The second-order valence-electron chi connectivity index (χ2n) is 6.45. The fourth-order valence-electron chi connectivity index (χ4n) is 3.25. The van der Waals surface area contributed by atoms with Gasteiger partial charge >= 0.3 is 0 Å². The molecule has 0 bridgehead atoms. The molecular formula is C21H19NO4. The summed E-state index contributed by atoms with van der Waals surface area (Å²) in [7, 11) is 0. The summed E-state index contributed by atoms with van der Waals surface area (Å²) in [5.41, 5.74) is 2.59. The van der Waals surface area contributed by atoms with Crippen molar-refractivity contribution in [3.8, 4) is 0 Å². The molecule has 1 aromatic heterocycles. The molecule has 0 aliphatic carbocycles. The fraction of sp³-hybridized carbons (Fsp3) is 0.238. The molecule has 5 nitrogen and oxygen atoms in total. The first-order valence-corrected chi connectivity index (χ1v) is 8.69. The van der Waals surface area contributed by atoms with E-state index in [1.54, 1.807) is 18.2 Å². The lowest BCUT2D eigenvalue weighted by Crippen LogP contribution is -2.26. The number of ketones is 1. The molecule has 132 valence electrons. The SMILES string of the molecule is Cc1c(C(=O)c2ccccc2)oc2cc(NC(=O)C3CCCO3)ccc12. The first kappa shape index (κ1) is 16.5. The highest BCUT2D eigenvalue weighted by Crippen LogP contribution is 2.29. The number of rotatable bonds is 4. The van der Waals surface area contributed by atoms with Gasteiger partial charge in [0.05, 0.1) is 0 Å². The summed E-state index contributed by atoms with van der Waals surface area (Å²) in [4.78, 5) is 24.9. The van der Waals surface area contributed by atoms with Gasteiger partial charge in [-0.05, 0) is 31.9 Å². The molecule has 1 fully saturated rings. The number of hydrogen-bond donors (Lipinski definition) is 1. The van der Waals surface area contributed by atoms with Crippen molar-refractivity contribution in [2.45, 2.75) is 25.9 Å². The Morgan fingerprint density at radius 1 is 1.12 bits per heavy atom. The summed E-state index contributed by atoms with van der Waals surface area (Å²) < 4.78 is 11.2. The molecule has 1 unspecified atom stereocenters. The highest BCUT2D eigenvalue weighted by atomic mass is 16.5. The van der Waals surface area contributed by atoms with Gasteiger partial charge in [-0.25, -0.2) is 0 Å². The molecular weight excluding hydrogens is 330 g/mol. The van der Waals surface area contributed by atoms with E-state index in [4.69, 9.17) is 9.15 Å². The van der Waals surface area contributed by atoms with Crippen molar-refractivity contribution in [3.05, 3.63) is 65.4 Å². The third kappa shape index (κ3) is 3.02. The Labute approximate surface area is 150 Å². The smallest absolute Gasteiger partial charge is 0.253 e. The quantitative estimate of drug-likeness (QED) is 0.720. The van der Waals surface area contributed by atoms with E-state index in [-0.39, 0.29) is 17.8 Å². The molecule has 1 amide bonds. The normalized spacial score (nSPS) is 16.7. The first-order chi connectivity index (χ1) is 12.6. The Kier molecular flexibility index (Phi) is 4.31. The van der Waals surface area contributed by atoms with Crippen molar-refractivity contribution in [2.24, 2.45) is 0 Å². The number of carbonyl (C=O) groups is 2. The summed E-state index contributed by atoms with van der Waals surface area (Å²) in [5, 5.41) is 3.72. The Morgan fingerprint density at radius 3 is 2.65 bits per heavy atom. The van der Waals surface area contributed by atoms with Gasteiger partial charge in [0.25, 0.3) is 5.91 Å². The fourth-order valence-corrected chi connectivity index (χ4v) is 3.25. The molecule has 1 atom stereocenters. The third-order valence-electron chi connectivity index (χ3n) is 4.67. The van der Waals surface area contributed by atoms with Gasteiger partial charge in [-0.15, -0.1) is 0 Å². The van der Waals surface area contributed by atoms with E-state index >= 15 is 0 Å². The molecule has 3 aromatic rings. The Hall–Kier alpha value is -2.92. The zero-order valence-corrected chi connectivity index (χ0v) is 14.5. The van der Waals surface area contributed by atoms with Crippen molar-refractivity contribution in [1.82, 2.24) is 0 Å². The number of fused-ring (bicyclic) bond motifs is 1. The molecule has 0 radical (unpaired) electrons. The van der Waals surface area contributed by atoms with Gasteiger partial charge in [-0.1, -0.05) is 30.3 Å². The van der Waals surface area contributed by atoms with E-state index in [0.29, 0.717) is 29.2 Å². The van der Waals surface area contributed by atoms with Crippen LogP contribution in [0.1, 0.15) is 34.5 Å². The number of nitrogens with one attached hydrogen (secondary N) is 1. The Bertz CT molecular complexity index is 968. The molecule has 5 heteroatoms. The van der Waals surface area contributed by atoms with Crippen LogP contribution in [0.4, 0.5) is 5.69 Å². The number of anilines is 1. The maximum absolute atomic E-state index is 12.7. The van der Waals surface area contributed by atoms with Gasteiger partial charge in [0.15, 0.2) is 5.76 Å². The topological polar surface area (TPSA) is 68.5 Å². The van der Waals surface area contributed by atoms with Crippen LogP contribution in [0.15, 0.2) is 52.9 Å². The first-order valence-electron chi connectivity index (χ1n) is 8.69. The third-order valence-corrected chi connectivity index (χ3v) is 4.67. The van der Waals surface area contributed by atoms with E-state index in [0.717, 1.165) is 23.8 Å². The van der Waals surface area contributed by atoms with Crippen LogP contribution >= 0.6 is 0 Å². The van der Waals surface area contributed by atoms with E-state index in [9.17, 15) is 9.59 Å². The van der Waals surface area contributed by atoms with Gasteiger partial charge in [0.2, 0.25) is 5.78 Å². The molecule has 4 rings (SSSR count). The van der Waals surface area contributed by atoms with Gasteiger partial charge in [0, 0.05) is 34.9 Å². The van der Waals surface area contributed by atoms with Crippen LogP contribution in [-0.4, -0.2) is 24.4 Å². The summed E-state index contributed by atoms with van der Waals surface area (Å²) in [6.45, 7) is 2.49. The van der Waals surface area contributed by atoms with Crippen LogP contribution in [0.3, 0.4) is 0 Å². The Morgan fingerprint density at radius 2 is 1.92 bits per heavy atom. The minimum Gasteiger partial charge on any atom is -0.452 e. The monoisotopic (exact) mass is 349 g/mol. The van der Waals surface area contributed by atoms with Crippen LogP contribution in [0, 0.1) is 6.92 Å². The standard InChI is InChI=1S/C21H19NO4/c1-13-16-10-9-15(22-21(24)17-8-5-11-25-17)12-18(16)26-20(13)19(23)14-6-3-2-4-7-14/h2-4,6-7,9-10,12,17H,5,8,11H2,1H3,(H,22,24). The second kappa shape index (κ2) is 6.77. The number of benzene rings is 2. The van der Waals surface area contributed by atoms with Crippen molar-refractivity contribution in [2.75, 3.05) is 11.9 Å². The van der Waals surface area contributed by atoms with Crippen LogP contribution in [0.2, 0.25) is 0 Å². The minimum atomic E-state index is -0.390. The predicted octanol–water partition coefficient (Wildman–Crippen LogP) is 4.09. The molecule has 0 spiro atoms. The lowest BCUT2D eigenvalue weighted by Gasteiger charge is -2.10. The number of furan rings is 1. The molecule has 1 saturated heterocycles. The largest absolute Gasteiger partial charge is 0.452 e. The maximum Gasteiger partial charge on any atom is 0.253 e. The van der Waals surface area contributed by atoms with Crippen molar-refractivity contribution in [1.29, 1.82) is 0 Å². The van der Waals surface area contributed by atoms with Gasteiger partial charge < -0.3 is 14.5 Å². The highest BCUT2D eigenvalue weighted by molar-refractivity contribution is 6.10. The number of ether oxygens (including phenoxy) is 1. The van der Waals surface area contributed by atoms with Crippen LogP contribution < -0.4 is 5.32 Å². The molecule has 2 heterocycles. The summed E-state index contributed by atoms with van der Waals surface area (Å²) in [5.74, 6) is 0.0313. The number of hydrogen-bond acceptors (Lipinski definition) is 4. The summed E-state index contributed by atoms with van der Waals surface area (Å²) in [6.07, 6.45) is 1.25. The molecule has 26 heavy (non-hydrogen) atoms. The van der Waals surface area contributed by atoms with Gasteiger partial charge in [-0.3, -0.25) is 9.59 Å². The zero-order chi connectivity index (χ0) is 18.1. The predicted molar refractivity (Wildman–Crippen MR) is 98.4 cm³/mol. The molecule has 0 saturated carbocycles. The molecule has 2 aromatic carbocycles.